The van der Waals surface area contributed by atoms with Crippen molar-refractivity contribution in [2.75, 3.05) is 20.2 Å². The zero-order valence-electron chi connectivity index (χ0n) is 9.40. The summed E-state index contributed by atoms with van der Waals surface area (Å²) < 4.78 is 9.85. The second-order valence-electron chi connectivity index (χ2n) is 4.40. The van der Waals surface area contributed by atoms with Crippen LogP contribution in [-0.2, 0) is 11.3 Å². The number of β-amino-alcohol motifs (C(OH)–C–C–N with tert-alkyl or cyclic N) is 1. The molecule has 1 aliphatic heterocycles. The van der Waals surface area contributed by atoms with Gasteiger partial charge in [0.15, 0.2) is 0 Å². The van der Waals surface area contributed by atoms with E-state index < -0.39 is 11.6 Å². The van der Waals surface area contributed by atoms with Gasteiger partial charge in [0.1, 0.15) is 5.76 Å². The number of hydrogen-bond acceptors (Lipinski definition) is 5. The van der Waals surface area contributed by atoms with E-state index in [0.717, 1.165) is 0 Å². The molecule has 0 bridgehead atoms. The molecule has 0 radical (unpaired) electrons. The summed E-state index contributed by atoms with van der Waals surface area (Å²) in [5.41, 5.74) is -0.586. The first-order chi connectivity index (χ1) is 7.50. The van der Waals surface area contributed by atoms with Crippen LogP contribution in [0.2, 0.25) is 0 Å². The third-order valence-electron chi connectivity index (χ3n) is 2.56. The van der Waals surface area contributed by atoms with E-state index in [9.17, 15) is 9.90 Å². The Kier molecular flexibility index (Phi) is 2.73. The van der Waals surface area contributed by atoms with Gasteiger partial charge in [-0.1, -0.05) is 0 Å². The van der Waals surface area contributed by atoms with Gasteiger partial charge in [0, 0.05) is 13.1 Å². The van der Waals surface area contributed by atoms with Crippen molar-refractivity contribution in [1.29, 1.82) is 0 Å². The van der Waals surface area contributed by atoms with Crippen LogP contribution in [0.15, 0.2) is 16.5 Å². The van der Waals surface area contributed by atoms with Crippen molar-refractivity contribution >= 4 is 5.97 Å². The van der Waals surface area contributed by atoms with Crippen LogP contribution in [-0.4, -0.2) is 41.8 Å². The normalized spacial score (nSPS) is 19.2. The van der Waals surface area contributed by atoms with E-state index >= 15 is 0 Å². The molecule has 1 aliphatic rings. The van der Waals surface area contributed by atoms with E-state index in [1.165, 1.54) is 7.11 Å². The zero-order valence-corrected chi connectivity index (χ0v) is 9.40. The van der Waals surface area contributed by atoms with E-state index in [0.29, 0.717) is 25.4 Å². The fraction of sp³-hybridized carbons (Fsp3) is 0.545. The minimum atomic E-state index is -0.586. The van der Waals surface area contributed by atoms with Crippen LogP contribution in [0.5, 0.6) is 0 Å². The van der Waals surface area contributed by atoms with Crippen LogP contribution in [0.4, 0.5) is 0 Å². The molecule has 16 heavy (non-hydrogen) atoms. The predicted molar refractivity (Wildman–Crippen MR) is 55.9 cm³/mol. The molecule has 5 heteroatoms. The first kappa shape index (κ1) is 11.2. The lowest BCUT2D eigenvalue weighted by Crippen LogP contribution is -2.59. The fourth-order valence-electron chi connectivity index (χ4n) is 1.92. The molecule has 0 unspecified atom stereocenters. The Bertz CT molecular complexity index is 388. The second-order valence-corrected chi connectivity index (χ2v) is 4.40. The van der Waals surface area contributed by atoms with E-state index in [-0.39, 0.29) is 5.76 Å². The number of carbonyl (C=O) groups excluding carboxylic acids is 1. The summed E-state index contributed by atoms with van der Waals surface area (Å²) in [5, 5.41) is 9.55. The molecule has 1 aromatic heterocycles. The van der Waals surface area contributed by atoms with E-state index in [2.05, 4.69) is 4.74 Å². The molecule has 0 atom stereocenters. The molecular weight excluding hydrogens is 210 g/mol. The third kappa shape index (κ3) is 2.25. The highest BCUT2D eigenvalue weighted by atomic mass is 16.5. The molecule has 0 amide bonds. The van der Waals surface area contributed by atoms with E-state index in [1.54, 1.807) is 19.1 Å². The van der Waals surface area contributed by atoms with Crippen molar-refractivity contribution in [2.45, 2.75) is 19.1 Å². The van der Waals surface area contributed by atoms with Crippen molar-refractivity contribution in [3.8, 4) is 0 Å². The summed E-state index contributed by atoms with van der Waals surface area (Å²) in [6, 6.07) is 3.35. The minimum absolute atomic E-state index is 0.213. The van der Waals surface area contributed by atoms with Crippen molar-refractivity contribution in [2.24, 2.45) is 0 Å². The SMILES string of the molecule is COC(=O)c1ccc(CN2CC(C)(O)C2)o1. The van der Waals surface area contributed by atoms with Gasteiger partial charge < -0.3 is 14.3 Å². The quantitative estimate of drug-likeness (QED) is 0.764. The molecule has 0 aromatic carbocycles. The monoisotopic (exact) mass is 225 g/mol. The standard InChI is InChI=1S/C11H15NO4/c1-11(14)6-12(7-11)5-8-3-4-9(16-8)10(13)15-2/h3-4,14H,5-7H2,1-2H3. The number of hydrogen-bond donors (Lipinski definition) is 1. The maximum Gasteiger partial charge on any atom is 0.373 e. The molecule has 2 rings (SSSR count). The topological polar surface area (TPSA) is 62.9 Å². The first-order valence-electron chi connectivity index (χ1n) is 5.12. The molecule has 1 fully saturated rings. The number of ether oxygens (including phenoxy) is 1. The molecule has 2 heterocycles. The van der Waals surface area contributed by atoms with Gasteiger partial charge in [-0.25, -0.2) is 4.79 Å². The minimum Gasteiger partial charge on any atom is -0.463 e. The van der Waals surface area contributed by atoms with Gasteiger partial charge in [-0.3, -0.25) is 4.90 Å². The molecule has 1 aromatic rings. The largest absolute Gasteiger partial charge is 0.463 e. The van der Waals surface area contributed by atoms with E-state index in [1.807, 2.05) is 4.90 Å². The Labute approximate surface area is 93.6 Å². The van der Waals surface area contributed by atoms with Gasteiger partial charge in [0.05, 0.1) is 19.3 Å². The molecule has 1 N–H and O–H groups in total. The molecule has 0 saturated carbocycles. The highest BCUT2D eigenvalue weighted by Gasteiger charge is 2.36. The zero-order chi connectivity index (χ0) is 11.8. The van der Waals surface area contributed by atoms with Crippen LogP contribution in [0, 0.1) is 0 Å². The molecule has 5 nitrogen and oxygen atoms in total. The lowest BCUT2D eigenvalue weighted by atomic mass is 9.97. The molecular formula is C11H15NO4. The maximum atomic E-state index is 11.1. The Balaban J connectivity index is 1.91. The second kappa shape index (κ2) is 3.92. The van der Waals surface area contributed by atoms with Crippen LogP contribution >= 0.6 is 0 Å². The number of nitrogens with zero attached hydrogens (tertiary/aromatic N) is 1. The van der Waals surface area contributed by atoms with Gasteiger partial charge in [-0.05, 0) is 19.1 Å². The molecule has 0 aliphatic carbocycles. The number of esters is 1. The predicted octanol–water partition coefficient (Wildman–Crippen LogP) is 0.633. The molecule has 88 valence electrons. The summed E-state index contributed by atoms with van der Waals surface area (Å²) in [5.74, 6) is 0.447. The highest BCUT2D eigenvalue weighted by Crippen LogP contribution is 2.22. The van der Waals surface area contributed by atoms with Crippen LogP contribution in [0.1, 0.15) is 23.2 Å². The smallest absolute Gasteiger partial charge is 0.373 e. The van der Waals surface area contributed by atoms with Crippen molar-refractivity contribution in [3.05, 3.63) is 23.7 Å². The molecule has 0 spiro atoms. The summed E-state index contributed by atoms with van der Waals surface area (Å²) in [6.07, 6.45) is 0. The Morgan fingerprint density at radius 3 is 2.88 bits per heavy atom. The summed E-state index contributed by atoms with van der Waals surface area (Å²) in [4.78, 5) is 13.2. The highest BCUT2D eigenvalue weighted by molar-refractivity contribution is 5.86. The maximum absolute atomic E-state index is 11.1. The number of rotatable bonds is 3. The number of methoxy groups -OCH3 is 1. The lowest BCUT2D eigenvalue weighted by Gasteiger charge is -2.43. The summed E-state index contributed by atoms with van der Waals surface area (Å²) in [6.45, 7) is 3.65. The fourth-order valence-corrected chi connectivity index (χ4v) is 1.92. The Morgan fingerprint density at radius 2 is 2.31 bits per heavy atom. The number of furan rings is 1. The Hall–Kier alpha value is -1.33. The van der Waals surface area contributed by atoms with Gasteiger partial charge in [-0.15, -0.1) is 0 Å². The average molecular weight is 225 g/mol. The van der Waals surface area contributed by atoms with Crippen molar-refractivity contribution in [3.63, 3.8) is 0 Å². The van der Waals surface area contributed by atoms with Crippen LogP contribution < -0.4 is 0 Å². The molecule has 1 saturated heterocycles. The summed E-state index contributed by atoms with van der Waals surface area (Å²) in [7, 11) is 1.32. The first-order valence-corrected chi connectivity index (χ1v) is 5.12. The van der Waals surface area contributed by atoms with E-state index in [4.69, 9.17) is 4.42 Å². The number of carbonyl (C=O) groups is 1. The number of aliphatic hydroxyl groups is 1. The van der Waals surface area contributed by atoms with Crippen molar-refractivity contribution in [1.82, 2.24) is 4.90 Å². The van der Waals surface area contributed by atoms with Gasteiger partial charge in [-0.2, -0.15) is 0 Å². The van der Waals surface area contributed by atoms with Crippen LogP contribution in [0.3, 0.4) is 0 Å². The lowest BCUT2D eigenvalue weighted by molar-refractivity contribution is -0.0892. The van der Waals surface area contributed by atoms with Crippen molar-refractivity contribution < 1.29 is 19.1 Å². The van der Waals surface area contributed by atoms with Gasteiger partial charge in [0.25, 0.3) is 0 Å². The number of likely N-dealkylation sites (tertiary alicyclic amines) is 1. The third-order valence-corrected chi connectivity index (χ3v) is 2.56. The van der Waals surface area contributed by atoms with Gasteiger partial charge >= 0.3 is 5.97 Å². The summed E-state index contributed by atoms with van der Waals surface area (Å²) >= 11 is 0. The van der Waals surface area contributed by atoms with Crippen LogP contribution in [0.25, 0.3) is 0 Å². The average Bonchev–Trinajstić information content (AvgIpc) is 2.62. The van der Waals surface area contributed by atoms with Gasteiger partial charge in [0.2, 0.25) is 5.76 Å². The Morgan fingerprint density at radius 1 is 1.62 bits per heavy atom.